The topological polar surface area (TPSA) is 158 Å². The Hall–Kier alpha value is -3.73. The van der Waals surface area contributed by atoms with Crippen LogP contribution in [0.4, 0.5) is 38.8 Å². The summed E-state index contributed by atoms with van der Waals surface area (Å²) in [4.78, 5) is 31.3. The van der Waals surface area contributed by atoms with Crippen LogP contribution in [0.3, 0.4) is 0 Å². The van der Waals surface area contributed by atoms with Gasteiger partial charge in [0.1, 0.15) is 17.5 Å². The van der Waals surface area contributed by atoms with Gasteiger partial charge < -0.3 is 24.8 Å². The zero-order valence-electron chi connectivity index (χ0n) is 22.4. The lowest BCUT2D eigenvalue weighted by Gasteiger charge is -2.19. The summed E-state index contributed by atoms with van der Waals surface area (Å²) < 4.78 is 94.0. The number of carbonyl (C=O) groups excluding carboxylic acids is 2. The van der Waals surface area contributed by atoms with Gasteiger partial charge in [-0.2, -0.15) is 13.2 Å². The molecule has 2 amide bonds. The highest BCUT2D eigenvalue weighted by molar-refractivity contribution is 7.90. The summed E-state index contributed by atoms with van der Waals surface area (Å²) in [5.74, 6) is -0.995. The molecule has 1 aromatic carbocycles. The van der Waals surface area contributed by atoms with Crippen molar-refractivity contribution in [2.45, 2.75) is 75.5 Å². The number of rotatable bonds is 8. The van der Waals surface area contributed by atoms with E-state index in [4.69, 9.17) is 14.2 Å². The van der Waals surface area contributed by atoms with E-state index in [1.807, 2.05) is 0 Å². The summed E-state index contributed by atoms with van der Waals surface area (Å²) in [5, 5.41) is 4.73. The number of nitrogens with zero attached hydrogens (tertiary/aromatic N) is 2. The number of halogens is 4. The molecule has 17 heteroatoms. The normalized spacial score (nSPS) is 18.3. The van der Waals surface area contributed by atoms with E-state index in [2.05, 4.69) is 20.6 Å². The largest absolute Gasteiger partial charge is 0.444 e. The van der Waals surface area contributed by atoms with Crippen molar-refractivity contribution in [3.05, 3.63) is 42.0 Å². The zero-order chi connectivity index (χ0) is 30.6. The summed E-state index contributed by atoms with van der Waals surface area (Å²) >= 11 is 0. The van der Waals surface area contributed by atoms with Crippen LogP contribution in [0.15, 0.2) is 35.5 Å². The fourth-order valence-electron chi connectivity index (χ4n) is 3.62. The molecule has 0 radical (unpaired) electrons. The average molecular weight is 608 g/mol. The number of ether oxygens (including phenoxy) is 3. The van der Waals surface area contributed by atoms with Gasteiger partial charge in [-0.1, -0.05) is 0 Å². The van der Waals surface area contributed by atoms with Gasteiger partial charge >= 0.3 is 18.4 Å². The Labute approximate surface area is 233 Å². The van der Waals surface area contributed by atoms with Gasteiger partial charge in [-0.05, 0) is 45.9 Å². The first-order valence-corrected chi connectivity index (χ1v) is 13.7. The molecule has 0 unspecified atom stereocenters. The van der Waals surface area contributed by atoms with Crippen LogP contribution in [0.1, 0.15) is 52.2 Å². The van der Waals surface area contributed by atoms with Crippen LogP contribution < -0.4 is 15.4 Å². The highest BCUT2D eigenvalue weighted by Crippen LogP contribution is 2.30. The first kappa shape index (κ1) is 31.8. The molecule has 1 aliphatic heterocycles. The van der Waals surface area contributed by atoms with Crippen molar-refractivity contribution in [2.24, 2.45) is 0 Å². The molecule has 2 heterocycles. The number of carbonyl (C=O) groups is 2. The lowest BCUT2D eigenvalue weighted by Crippen LogP contribution is -2.38. The number of hydrogen-bond donors (Lipinski definition) is 3. The minimum atomic E-state index is -4.42. The van der Waals surface area contributed by atoms with Crippen molar-refractivity contribution in [1.29, 1.82) is 0 Å². The molecule has 1 saturated heterocycles. The smallest absolute Gasteiger partial charge is 0.421 e. The predicted molar refractivity (Wildman–Crippen MR) is 135 cm³/mol. The molecule has 1 aromatic heterocycles. The van der Waals surface area contributed by atoms with Gasteiger partial charge in [0.2, 0.25) is 5.95 Å². The van der Waals surface area contributed by atoms with Crippen molar-refractivity contribution >= 4 is 33.8 Å². The minimum Gasteiger partial charge on any atom is -0.444 e. The van der Waals surface area contributed by atoms with Crippen molar-refractivity contribution in [3.8, 4) is 0 Å². The molecule has 3 atom stereocenters. The molecule has 1 aliphatic rings. The second-order valence-corrected chi connectivity index (χ2v) is 11.8. The molecule has 0 spiro atoms. The summed E-state index contributed by atoms with van der Waals surface area (Å²) in [7, 11) is -4.40. The van der Waals surface area contributed by atoms with Crippen LogP contribution in [0.5, 0.6) is 0 Å². The van der Waals surface area contributed by atoms with E-state index >= 15 is 0 Å². The van der Waals surface area contributed by atoms with Crippen LogP contribution in [0, 0.1) is 5.82 Å². The molecule has 2 aromatic rings. The zero-order valence-corrected chi connectivity index (χ0v) is 23.2. The van der Waals surface area contributed by atoms with Gasteiger partial charge in [0.05, 0.1) is 29.7 Å². The van der Waals surface area contributed by atoms with E-state index in [1.54, 1.807) is 25.5 Å². The molecule has 0 saturated carbocycles. The Morgan fingerprint density at radius 3 is 2.39 bits per heavy atom. The summed E-state index contributed by atoms with van der Waals surface area (Å²) in [6.07, 6.45) is -6.11. The van der Waals surface area contributed by atoms with Crippen LogP contribution >= 0.6 is 0 Å². The average Bonchev–Trinajstić information content (AvgIpc) is 3.26. The second kappa shape index (κ2) is 12.4. The molecule has 0 bridgehead atoms. The number of aromatic nitrogens is 2. The number of alkyl carbamates (subject to hydrolysis) is 1. The third-order valence-corrected chi connectivity index (χ3v) is 6.60. The molecule has 1 fully saturated rings. The first-order valence-electron chi connectivity index (χ1n) is 12.2. The van der Waals surface area contributed by atoms with Gasteiger partial charge in [-0.3, -0.25) is 0 Å². The van der Waals surface area contributed by atoms with Gasteiger partial charge in [0.25, 0.3) is 10.0 Å². The first-order chi connectivity index (χ1) is 18.9. The maximum atomic E-state index is 14.7. The Bertz CT molecular complexity index is 1350. The predicted octanol–water partition coefficient (Wildman–Crippen LogP) is 4.47. The Balaban J connectivity index is 1.55. The van der Waals surface area contributed by atoms with Gasteiger partial charge in [-0.15, -0.1) is 0 Å². The Morgan fingerprint density at radius 2 is 1.80 bits per heavy atom. The summed E-state index contributed by atoms with van der Waals surface area (Å²) in [6, 6.07) is 1.74. The van der Waals surface area contributed by atoms with Gasteiger partial charge in [0.15, 0.2) is 0 Å². The molecule has 226 valence electrons. The maximum Gasteiger partial charge on any atom is 0.421 e. The number of benzene rings is 1. The second-order valence-electron chi connectivity index (χ2n) is 10.2. The number of hydrogen-bond acceptors (Lipinski definition) is 10. The van der Waals surface area contributed by atoms with Crippen LogP contribution in [0.25, 0.3) is 0 Å². The van der Waals surface area contributed by atoms with E-state index in [1.165, 1.54) is 19.3 Å². The Kier molecular flexibility index (Phi) is 9.63. The minimum absolute atomic E-state index is 0.00892. The van der Waals surface area contributed by atoms with Crippen molar-refractivity contribution in [3.63, 3.8) is 0 Å². The molecular formula is C24H29F4N5O7S. The highest BCUT2D eigenvalue weighted by Gasteiger charge is 2.33. The molecule has 0 aliphatic carbocycles. The maximum absolute atomic E-state index is 14.7. The van der Waals surface area contributed by atoms with Crippen LogP contribution in [-0.4, -0.2) is 61.1 Å². The van der Waals surface area contributed by atoms with E-state index in [0.717, 1.165) is 12.1 Å². The number of alkyl halides is 3. The molecule has 3 N–H and O–H groups in total. The number of sulfonamides is 1. The lowest BCUT2D eigenvalue weighted by molar-refractivity contribution is -0.138. The number of amides is 2. The number of anilines is 2. The summed E-state index contributed by atoms with van der Waals surface area (Å²) in [6.45, 7) is 5.87. The van der Waals surface area contributed by atoms with E-state index < -0.39 is 69.4 Å². The van der Waals surface area contributed by atoms with E-state index in [0.29, 0.717) is 11.6 Å². The fraction of sp³-hybridized carbons (Fsp3) is 0.500. The fourth-order valence-corrected chi connectivity index (χ4v) is 4.50. The lowest BCUT2D eigenvalue weighted by atomic mass is 10.1. The molecular weight excluding hydrogens is 578 g/mol. The van der Waals surface area contributed by atoms with Crippen LogP contribution in [0.2, 0.25) is 0 Å². The SMILES string of the molecule is C[C@@H](CC(F)(F)F)NC(=O)O[C@H]1CO[C@@H](c2cnc(Nc3ccc(S(=O)(=O)NC(=O)OC(C)(C)C)cc3F)nc2)C1. The van der Waals surface area contributed by atoms with Gasteiger partial charge in [-0.25, -0.2) is 37.1 Å². The summed E-state index contributed by atoms with van der Waals surface area (Å²) in [5.41, 5.74) is -0.585. The van der Waals surface area contributed by atoms with Crippen molar-refractivity contribution in [2.75, 3.05) is 11.9 Å². The van der Waals surface area contributed by atoms with E-state index in [-0.39, 0.29) is 24.7 Å². The van der Waals surface area contributed by atoms with E-state index in [9.17, 15) is 35.6 Å². The number of nitrogens with one attached hydrogen (secondary N) is 3. The van der Waals surface area contributed by atoms with Crippen LogP contribution in [-0.2, 0) is 24.2 Å². The molecule has 3 rings (SSSR count). The molecule has 41 heavy (non-hydrogen) atoms. The highest BCUT2D eigenvalue weighted by atomic mass is 32.2. The third kappa shape index (κ3) is 10.00. The monoisotopic (exact) mass is 607 g/mol. The van der Waals surface area contributed by atoms with Gasteiger partial charge in [0, 0.05) is 30.4 Å². The quantitative estimate of drug-likeness (QED) is 0.366. The van der Waals surface area contributed by atoms with Crippen molar-refractivity contribution in [1.82, 2.24) is 20.0 Å². The van der Waals surface area contributed by atoms with Crippen molar-refractivity contribution < 1.29 is 49.8 Å². The Morgan fingerprint density at radius 1 is 1.15 bits per heavy atom. The standard InChI is InChI=1S/C24H29F4N5O7S/c1-13(9-24(26,27)28)31-21(34)39-15-7-19(38-12-15)14-10-29-20(30-11-14)32-18-6-5-16(8-17(18)25)41(36,37)33-22(35)40-23(2,3)4/h5-6,8,10-11,13,15,19H,7,9,12H2,1-4H3,(H,31,34)(H,33,35)(H,29,30,32)/t13-,15+,19+/m0/s1. The third-order valence-electron chi connectivity index (χ3n) is 5.29. The molecule has 12 nitrogen and oxygen atoms in total.